The number of ether oxygens (including phenoxy) is 1. The maximum atomic E-state index is 12.4. The molecule has 2 amide bonds. The molecular weight excluding hydrogens is 354 g/mol. The van der Waals surface area contributed by atoms with Crippen molar-refractivity contribution in [3.63, 3.8) is 0 Å². The number of para-hydroxylation sites is 1. The molecule has 0 saturated heterocycles. The Balaban J connectivity index is 1.55. The topological polar surface area (TPSA) is 58.6 Å². The monoisotopic (exact) mass is 372 g/mol. The van der Waals surface area contributed by atoms with Crippen molar-refractivity contribution in [1.82, 2.24) is 10.2 Å². The van der Waals surface area contributed by atoms with Crippen LogP contribution in [0.25, 0.3) is 5.57 Å². The Morgan fingerprint density at radius 2 is 1.78 bits per heavy atom. The first-order chi connectivity index (χ1) is 13.0. The molecule has 2 aromatic rings. The largest absolute Gasteiger partial charge is 0.434 e. The van der Waals surface area contributed by atoms with Crippen LogP contribution in [0.15, 0.2) is 60.7 Å². The first-order valence-corrected chi connectivity index (χ1v) is 8.39. The summed E-state index contributed by atoms with van der Waals surface area (Å²) in [5.41, 5.74) is 2.05. The smallest absolute Gasteiger partial charge is 0.387 e. The van der Waals surface area contributed by atoms with Gasteiger partial charge in [-0.1, -0.05) is 48.5 Å². The zero-order chi connectivity index (χ0) is 19.2. The van der Waals surface area contributed by atoms with Gasteiger partial charge in [-0.3, -0.25) is 9.59 Å². The van der Waals surface area contributed by atoms with Crippen LogP contribution in [0.2, 0.25) is 0 Å². The zero-order valence-corrected chi connectivity index (χ0v) is 14.4. The molecule has 0 atom stereocenters. The molecule has 3 rings (SSSR count). The second-order valence-corrected chi connectivity index (χ2v) is 5.93. The Labute approximate surface area is 155 Å². The summed E-state index contributed by atoms with van der Waals surface area (Å²) in [6.07, 6.45) is 1.97. The highest BCUT2D eigenvalue weighted by molar-refractivity contribution is 5.99. The highest BCUT2D eigenvalue weighted by Gasteiger charge is 2.22. The number of carbonyl (C=O) groups excluding carboxylic acids is 2. The first-order valence-electron chi connectivity index (χ1n) is 8.39. The molecule has 0 aliphatic carbocycles. The number of benzene rings is 2. The van der Waals surface area contributed by atoms with Crippen LogP contribution in [-0.2, 0) is 4.79 Å². The van der Waals surface area contributed by atoms with Crippen LogP contribution in [0.4, 0.5) is 8.78 Å². The third-order valence-electron chi connectivity index (χ3n) is 4.16. The number of hydrogen-bond acceptors (Lipinski definition) is 3. The Kier molecular flexibility index (Phi) is 5.80. The van der Waals surface area contributed by atoms with Gasteiger partial charge in [0.1, 0.15) is 5.75 Å². The van der Waals surface area contributed by atoms with Crippen LogP contribution in [0.3, 0.4) is 0 Å². The number of rotatable bonds is 6. The molecule has 0 aromatic heterocycles. The molecule has 1 aliphatic heterocycles. The number of hydrogen-bond donors (Lipinski definition) is 1. The van der Waals surface area contributed by atoms with Crippen LogP contribution >= 0.6 is 0 Å². The number of amides is 2. The Morgan fingerprint density at radius 1 is 1.07 bits per heavy atom. The summed E-state index contributed by atoms with van der Waals surface area (Å²) < 4.78 is 29.2. The second kappa shape index (κ2) is 8.44. The van der Waals surface area contributed by atoms with Gasteiger partial charge in [-0.25, -0.2) is 0 Å². The van der Waals surface area contributed by atoms with Gasteiger partial charge in [0, 0.05) is 13.1 Å². The maximum absolute atomic E-state index is 12.4. The zero-order valence-electron chi connectivity index (χ0n) is 14.4. The fourth-order valence-electron chi connectivity index (χ4n) is 2.82. The number of nitrogens with zero attached hydrogens (tertiary/aromatic N) is 1. The minimum absolute atomic E-state index is 0.0462. The fraction of sp³-hybridized carbons (Fsp3) is 0.200. The van der Waals surface area contributed by atoms with E-state index in [0.717, 1.165) is 11.1 Å². The van der Waals surface area contributed by atoms with E-state index >= 15 is 0 Å². The molecule has 0 unspecified atom stereocenters. The molecule has 140 valence electrons. The number of nitrogens with one attached hydrogen (secondary N) is 1. The predicted molar refractivity (Wildman–Crippen MR) is 96.4 cm³/mol. The van der Waals surface area contributed by atoms with E-state index in [1.165, 1.54) is 24.3 Å². The highest BCUT2D eigenvalue weighted by Crippen LogP contribution is 2.21. The molecule has 0 radical (unpaired) electrons. The summed E-state index contributed by atoms with van der Waals surface area (Å²) in [5, 5.41) is 2.47. The molecule has 27 heavy (non-hydrogen) atoms. The third-order valence-corrected chi connectivity index (χ3v) is 4.16. The van der Waals surface area contributed by atoms with Crippen LogP contribution in [-0.4, -0.2) is 43.0 Å². The van der Waals surface area contributed by atoms with Gasteiger partial charge in [0.25, 0.3) is 5.91 Å². The average molecular weight is 372 g/mol. The van der Waals surface area contributed by atoms with Crippen molar-refractivity contribution in [3.8, 4) is 5.75 Å². The van der Waals surface area contributed by atoms with Crippen LogP contribution in [0.1, 0.15) is 15.9 Å². The van der Waals surface area contributed by atoms with E-state index in [0.29, 0.717) is 13.1 Å². The van der Waals surface area contributed by atoms with E-state index in [9.17, 15) is 18.4 Å². The minimum atomic E-state index is -3.03. The minimum Gasteiger partial charge on any atom is -0.434 e. The van der Waals surface area contributed by atoms with Gasteiger partial charge < -0.3 is 15.0 Å². The van der Waals surface area contributed by atoms with Crippen LogP contribution < -0.4 is 10.1 Å². The lowest BCUT2D eigenvalue weighted by Crippen LogP contribution is -2.39. The van der Waals surface area contributed by atoms with Gasteiger partial charge >= 0.3 is 6.61 Å². The maximum Gasteiger partial charge on any atom is 0.387 e. The van der Waals surface area contributed by atoms with Crippen molar-refractivity contribution >= 4 is 17.4 Å². The summed E-state index contributed by atoms with van der Waals surface area (Å²) in [7, 11) is 0. The summed E-state index contributed by atoms with van der Waals surface area (Å²) in [5.74, 6) is -1.13. The lowest BCUT2D eigenvalue weighted by Gasteiger charge is -2.17. The van der Waals surface area contributed by atoms with Crippen molar-refractivity contribution in [2.24, 2.45) is 0 Å². The van der Waals surface area contributed by atoms with Crippen LogP contribution in [0, 0.1) is 0 Å². The van der Waals surface area contributed by atoms with Gasteiger partial charge in [0.05, 0.1) is 12.1 Å². The van der Waals surface area contributed by atoms with Crippen molar-refractivity contribution in [3.05, 3.63) is 71.8 Å². The van der Waals surface area contributed by atoms with Crippen LogP contribution in [0.5, 0.6) is 5.75 Å². The van der Waals surface area contributed by atoms with E-state index in [1.54, 1.807) is 4.90 Å². The first kappa shape index (κ1) is 18.6. The van der Waals surface area contributed by atoms with E-state index in [1.807, 2.05) is 36.4 Å². The highest BCUT2D eigenvalue weighted by atomic mass is 19.3. The van der Waals surface area contributed by atoms with E-state index in [4.69, 9.17) is 0 Å². The normalized spacial score (nSPS) is 13.4. The molecule has 7 heteroatoms. The molecule has 1 N–H and O–H groups in total. The lowest BCUT2D eigenvalue weighted by molar-refractivity contribution is -0.128. The fourth-order valence-corrected chi connectivity index (χ4v) is 2.82. The molecule has 5 nitrogen and oxygen atoms in total. The van der Waals surface area contributed by atoms with E-state index in [-0.39, 0.29) is 23.8 Å². The second-order valence-electron chi connectivity index (χ2n) is 5.93. The lowest BCUT2D eigenvalue weighted by atomic mass is 10.1. The summed E-state index contributed by atoms with van der Waals surface area (Å²) in [6, 6.07) is 15.4. The standard InChI is InChI=1S/C20H18F2N2O3/c21-20(22)27-17-9-5-4-8-16(17)19(26)23-12-18(25)24-11-10-15(13-24)14-6-2-1-3-7-14/h1-10,20H,11-13H2,(H,23,26). The SMILES string of the molecule is O=C(NCC(=O)N1CC=C(c2ccccc2)C1)c1ccccc1OC(F)F. The summed E-state index contributed by atoms with van der Waals surface area (Å²) in [6.45, 7) is -2.33. The molecular formula is C20H18F2N2O3. The quantitative estimate of drug-likeness (QED) is 0.848. The average Bonchev–Trinajstić information content (AvgIpc) is 3.17. The van der Waals surface area contributed by atoms with Crippen molar-refractivity contribution in [1.29, 1.82) is 0 Å². The van der Waals surface area contributed by atoms with Gasteiger partial charge in [-0.15, -0.1) is 0 Å². The van der Waals surface area contributed by atoms with Crippen molar-refractivity contribution in [2.45, 2.75) is 6.61 Å². The molecule has 0 bridgehead atoms. The Hall–Kier alpha value is -3.22. The Morgan fingerprint density at radius 3 is 2.52 bits per heavy atom. The molecule has 1 heterocycles. The third kappa shape index (κ3) is 4.69. The number of alkyl halides is 2. The van der Waals surface area contributed by atoms with Gasteiger partial charge in [0.15, 0.2) is 0 Å². The molecule has 1 aliphatic rings. The molecule has 0 fully saturated rings. The van der Waals surface area contributed by atoms with Crippen molar-refractivity contribution < 1.29 is 23.1 Å². The Bertz CT molecular complexity index is 853. The number of halogens is 2. The van der Waals surface area contributed by atoms with Crippen molar-refractivity contribution in [2.75, 3.05) is 19.6 Å². The predicted octanol–water partition coefficient (Wildman–Crippen LogP) is 2.94. The van der Waals surface area contributed by atoms with E-state index < -0.39 is 12.5 Å². The van der Waals surface area contributed by atoms with E-state index in [2.05, 4.69) is 10.1 Å². The van der Waals surface area contributed by atoms with Gasteiger partial charge in [0.2, 0.25) is 5.91 Å². The number of carbonyl (C=O) groups is 2. The van der Waals surface area contributed by atoms with Gasteiger partial charge in [-0.05, 0) is 23.3 Å². The summed E-state index contributed by atoms with van der Waals surface area (Å²) in [4.78, 5) is 26.2. The molecule has 2 aromatic carbocycles. The summed E-state index contributed by atoms with van der Waals surface area (Å²) >= 11 is 0. The van der Waals surface area contributed by atoms with Gasteiger partial charge in [-0.2, -0.15) is 8.78 Å². The molecule has 0 spiro atoms. The molecule has 0 saturated carbocycles.